The quantitative estimate of drug-likeness (QED) is 0.304. The largest absolute Gasteiger partial charge is 0.480 e. The molecule has 0 bridgehead atoms. The van der Waals surface area contributed by atoms with E-state index in [2.05, 4.69) is 0 Å². The molecule has 282 valence electrons. The number of carbonyl (C=O) groups excluding carboxylic acids is 4. The number of aliphatic carboxylic acids is 1. The van der Waals surface area contributed by atoms with Crippen molar-refractivity contribution in [2.24, 2.45) is 5.92 Å². The van der Waals surface area contributed by atoms with Gasteiger partial charge in [-0.2, -0.15) is 0 Å². The third kappa shape index (κ3) is 7.70. The van der Waals surface area contributed by atoms with Crippen LogP contribution in [0.4, 0.5) is 0 Å². The van der Waals surface area contributed by atoms with Crippen molar-refractivity contribution in [3.63, 3.8) is 0 Å². The molecule has 3 aliphatic heterocycles. The summed E-state index contributed by atoms with van der Waals surface area (Å²) in [7, 11) is 0. The van der Waals surface area contributed by atoms with Gasteiger partial charge in [-0.05, 0) is 87.1 Å². The molecule has 7 rings (SSSR count). The van der Waals surface area contributed by atoms with Gasteiger partial charge in [-0.3, -0.25) is 14.4 Å². The van der Waals surface area contributed by atoms with Crippen LogP contribution in [0.1, 0.15) is 86.7 Å². The van der Waals surface area contributed by atoms with E-state index in [1.54, 1.807) is 15.9 Å². The van der Waals surface area contributed by atoms with E-state index in [1.165, 1.54) is 4.90 Å². The molecule has 2 unspecified atom stereocenters. The van der Waals surface area contributed by atoms with E-state index in [-0.39, 0.29) is 36.7 Å². The van der Waals surface area contributed by atoms with Crippen LogP contribution in [0.15, 0.2) is 90.5 Å². The fourth-order valence-corrected chi connectivity index (χ4v) is 8.79. The first kappa shape index (κ1) is 37.1. The van der Waals surface area contributed by atoms with Crippen LogP contribution in [0.2, 0.25) is 0 Å². The van der Waals surface area contributed by atoms with Gasteiger partial charge in [0, 0.05) is 37.5 Å². The molecule has 0 spiro atoms. The summed E-state index contributed by atoms with van der Waals surface area (Å²) >= 11 is 0. The molecule has 3 aromatic rings. The number of carboxylic acids is 1. The van der Waals surface area contributed by atoms with Crippen LogP contribution in [0.3, 0.4) is 0 Å². The topological polar surface area (TPSA) is 125 Å². The fourth-order valence-electron chi connectivity index (χ4n) is 8.79. The van der Waals surface area contributed by atoms with Crippen molar-refractivity contribution in [3.8, 4) is 0 Å². The van der Waals surface area contributed by atoms with Gasteiger partial charge in [-0.1, -0.05) is 84.9 Å². The molecular weight excluding hydrogens is 682 g/mol. The zero-order chi connectivity index (χ0) is 38.1. The van der Waals surface area contributed by atoms with Gasteiger partial charge in [-0.15, -0.1) is 0 Å². The lowest BCUT2D eigenvalue weighted by Crippen LogP contribution is -2.55. The molecule has 10 nitrogen and oxygen atoms in total. The van der Waals surface area contributed by atoms with E-state index in [9.17, 15) is 19.5 Å². The Morgan fingerprint density at radius 1 is 0.741 bits per heavy atom. The van der Waals surface area contributed by atoms with Crippen LogP contribution in [-0.4, -0.2) is 79.7 Å². The average Bonchev–Trinajstić information content (AvgIpc) is 3.78. The Bertz CT molecular complexity index is 1970. The van der Waals surface area contributed by atoms with Crippen LogP contribution in [0.25, 0.3) is 0 Å². The maximum absolute atomic E-state index is 15.2. The number of hydrogen-bond donors (Lipinski definition) is 1. The van der Waals surface area contributed by atoms with Gasteiger partial charge in [0.2, 0.25) is 17.7 Å². The highest BCUT2D eigenvalue weighted by atomic mass is 16.6. The molecule has 54 heavy (non-hydrogen) atoms. The molecule has 3 heterocycles. The molecule has 2 fully saturated rings. The number of amides is 3. The third-order valence-electron chi connectivity index (χ3n) is 11.3. The predicted octanol–water partition coefficient (Wildman–Crippen LogP) is 5.82. The molecular formula is C44H49N3O7. The lowest BCUT2D eigenvalue weighted by atomic mass is 9.91. The van der Waals surface area contributed by atoms with Crippen LogP contribution in [0.5, 0.6) is 0 Å². The number of likely N-dealkylation sites (tertiary alicyclic amines) is 2. The van der Waals surface area contributed by atoms with E-state index < -0.39 is 41.6 Å². The molecule has 0 saturated carbocycles. The number of hydrogen-bond acceptors (Lipinski definition) is 6. The SMILES string of the molecule is CC(C)(C)OC(=O)C1=CC(C(=O)N2[C@@H](c3ccccc3)CC[C@H]2C(=O)N2Cc3ccccc3CC2CC(=O)N2CCC[C@H]2C(=O)O)Cc2ccccc2C1. The summed E-state index contributed by atoms with van der Waals surface area (Å²) < 4.78 is 5.80. The number of carboxylic acid groups (broad SMARTS) is 1. The Morgan fingerprint density at radius 3 is 2.07 bits per heavy atom. The molecule has 1 aliphatic carbocycles. The minimum absolute atomic E-state index is 0.00592. The molecule has 0 aromatic heterocycles. The van der Waals surface area contributed by atoms with Crippen molar-refractivity contribution >= 4 is 29.7 Å². The molecule has 3 aromatic carbocycles. The average molecular weight is 732 g/mol. The summed E-state index contributed by atoms with van der Waals surface area (Å²) in [6, 6.07) is 22.9. The van der Waals surface area contributed by atoms with E-state index >= 15 is 9.59 Å². The fraction of sp³-hybridized carbons (Fsp3) is 0.432. The van der Waals surface area contributed by atoms with E-state index in [1.807, 2.05) is 99.6 Å². The van der Waals surface area contributed by atoms with Crippen LogP contribution in [-0.2, 0) is 54.5 Å². The summed E-state index contributed by atoms with van der Waals surface area (Å²) in [5.41, 5.74) is 4.59. The Hall–Kier alpha value is -5.25. The highest BCUT2D eigenvalue weighted by Gasteiger charge is 2.47. The number of rotatable bonds is 7. The molecule has 2 saturated heterocycles. The summed E-state index contributed by atoms with van der Waals surface area (Å²) in [6.07, 6.45) is 4.93. The molecule has 3 amide bonds. The van der Waals surface area contributed by atoms with Crippen molar-refractivity contribution in [2.75, 3.05) is 6.54 Å². The summed E-state index contributed by atoms with van der Waals surface area (Å²) in [4.78, 5) is 74.5. The predicted molar refractivity (Wildman–Crippen MR) is 202 cm³/mol. The Labute approximate surface area is 316 Å². The van der Waals surface area contributed by atoms with E-state index in [0.717, 1.165) is 27.8 Å². The first-order valence-electron chi connectivity index (χ1n) is 19.2. The lowest BCUT2D eigenvalue weighted by Gasteiger charge is -2.41. The molecule has 5 atom stereocenters. The van der Waals surface area contributed by atoms with Gasteiger partial charge in [0.25, 0.3) is 0 Å². The highest BCUT2D eigenvalue weighted by molar-refractivity contribution is 5.94. The molecule has 4 aliphatic rings. The Kier molecular flexibility index (Phi) is 10.5. The number of carbonyl (C=O) groups is 5. The van der Waals surface area contributed by atoms with Crippen molar-refractivity contribution < 1.29 is 33.8 Å². The van der Waals surface area contributed by atoms with Crippen molar-refractivity contribution in [1.29, 1.82) is 0 Å². The summed E-state index contributed by atoms with van der Waals surface area (Å²) in [6.45, 7) is 6.11. The van der Waals surface area contributed by atoms with Gasteiger partial charge >= 0.3 is 11.9 Å². The number of esters is 1. The van der Waals surface area contributed by atoms with Crippen molar-refractivity contribution in [3.05, 3.63) is 118 Å². The second-order valence-corrected chi connectivity index (χ2v) is 16.1. The zero-order valence-corrected chi connectivity index (χ0v) is 31.3. The maximum Gasteiger partial charge on any atom is 0.334 e. The second-order valence-electron chi connectivity index (χ2n) is 16.1. The summed E-state index contributed by atoms with van der Waals surface area (Å²) in [5, 5.41) is 9.80. The van der Waals surface area contributed by atoms with Gasteiger partial charge in [0.05, 0.1) is 12.0 Å². The Balaban J connectivity index is 1.24. The summed E-state index contributed by atoms with van der Waals surface area (Å²) in [5.74, 6) is -2.94. The van der Waals surface area contributed by atoms with Crippen LogP contribution in [0, 0.1) is 5.92 Å². The number of ether oxygens (including phenoxy) is 1. The minimum atomic E-state index is -1.01. The lowest BCUT2D eigenvalue weighted by molar-refractivity contribution is -0.152. The minimum Gasteiger partial charge on any atom is -0.480 e. The maximum atomic E-state index is 15.2. The third-order valence-corrected chi connectivity index (χ3v) is 11.3. The second kappa shape index (κ2) is 15.2. The smallest absolute Gasteiger partial charge is 0.334 e. The normalized spacial score (nSPS) is 23.9. The molecule has 10 heteroatoms. The first-order chi connectivity index (χ1) is 25.9. The van der Waals surface area contributed by atoms with Gasteiger partial charge in [0.15, 0.2) is 0 Å². The van der Waals surface area contributed by atoms with Gasteiger partial charge < -0.3 is 24.5 Å². The van der Waals surface area contributed by atoms with Crippen LogP contribution >= 0.6 is 0 Å². The zero-order valence-electron chi connectivity index (χ0n) is 31.3. The van der Waals surface area contributed by atoms with Crippen molar-refractivity contribution in [2.45, 2.75) is 108 Å². The van der Waals surface area contributed by atoms with E-state index in [4.69, 9.17) is 4.74 Å². The molecule has 0 radical (unpaired) electrons. The monoisotopic (exact) mass is 731 g/mol. The number of nitrogens with zero attached hydrogens (tertiary/aromatic N) is 3. The Morgan fingerprint density at radius 2 is 1.39 bits per heavy atom. The number of fused-ring (bicyclic) bond motifs is 2. The van der Waals surface area contributed by atoms with E-state index in [0.29, 0.717) is 57.1 Å². The van der Waals surface area contributed by atoms with Gasteiger partial charge in [0.1, 0.15) is 17.7 Å². The first-order valence-corrected chi connectivity index (χ1v) is 19.2. The molecule has 1 N–H and O–H groups in total. The standard InChI is InChI=1S/C44H49N3O7/c1-44(2,3)54-43(53)34-23-30-15-8-7-14-29(30)22-33(24-34)40(49)47-36(28-12-5-4-6-13-28)19-20-37(47)41(50)46-27-32-17-10-9-16-31(32)25-35(46)26-39(48)45-21-11-18-38(45)42(51)52/h4-10,12-17,24,33,35-38H,11,18-23,25-27H2,1-3H3,(H,51,52)/t33?,35?,36-,37+,38+/m1/s1. The number of benzene rings is 3. The van der Waals surface area contributed by atoms with Crippen molar-refractivity contribution in [1.82, 2.24) is 14.7 Å². The van der Waals surface area contributed by atoms with Gasteiger partial charge in [-0.25, -0.2) is 9.59 Å². The highest BCUT2D eigenvalue weighted by Crippen LogP contribution is 2.41. The van der Waals surface area contributed by atoms with Crippen LogP contribution < -0.4 is 0 Å².